The highest BCUT2D eigenvalue weighted by Gasteiger charge is 2.35. The SMILES string of the molecule is O=C(O)c1ccc(CNCC2(c3ccc(F)cc3)CCCC2)cc1. The van der Waals surface area contributed by atoms with E-state index in [0.29, 0.717) is 12.1 Å². The standard InChI is InChI=1S/C20H22FNO2/c21-18-9-7-17(8-10-18)20(11-1-2-12-20)14-22-13-15-3-5-16(6-4-15)19(23)24/h3-10,22H,1-2,11-14H2,(H,23,24). The molecule has 2 N–H and O–H groups in total. The summed E-state index contributed by atoms with van der Waals surface area (Å²) in [6, 6.07) is 13.8. The highest BCUT2D eigenvalue weighted by molar-refractivity contribution is 5.87. The molecule has 1 fully saturated rings. The third kappa shape index (κ3) is 3.65. The summed E-state index contributed by atoms with van der Waals surface area (Å²) in [4.78, 5) is 10.9. The lowest BCUT2D eigenvalue weighted by Crippen LogP contribution is -2.35. The molecule has 3 rings (SSSR count). The van der Waals surface area contributed by atoms with Crippen molar-refractivity contribution < 1.29 is 14.3 Å². The lowest BCUT2D eigenvalue weighted by atomic mass is 9.79. The number of hydrogen-bond donors (Lipinski definition) is 2. The molecule has 1 saturated carbocycles. The van der Waals surface area contributed by atoms with E-state index < -0.39 is 5.97 Å². The van der Waals surface area contributed by atoms with Crippen LogP contribution in [0, 0.1) is 5.82 Å². The number of aromatic carboxylic acids is 1. The van der Waals surface area contributed by atoms with Crippen molar-refractivity contribution in [2.24, 2.45) is 0 Å². The Bertz CT molecular complexity index is 689. The third-order valence-corrected chi connectivity index (χ3v) is 5.01. The Morgan fingerprint density at radius 1 is 1.04 bits per heavy atom. The van der Waals surface area contributed by atoms with Crippen LogP contribution >= 0.6 is 0 Å². The van der Waals surface area contributed by atoms with Gasteiger partial charge in [0, 0.05) is 18.5 Å². The molecule has 3 nitrogen and oxygen atoms in total. The Labute approximate surface area is 141 Å². The molecular formula is C20H22FNO2. The molecule has 24 heavy (non-hydrogen) atoms. The molecule has 0 heterocycles. The number of hydrogen-bond acceptors (Lipinski definition) is 2. The molecule has 1 aliphatic rings. The van der Waals surface area contributed by atoms with Crippen molar-refractivity contribution in [3.05, 3.63) is 71.0 Å². The minimum absolute atomic E-state index is 0.0781. The lowest BCUT2D eigenvalue weighted by Gasteiger charge is -2.30. The fourth-order valence-corrected chi connectivity index (χ4v) is 3.63. The van der Waals surface area contributed by atoms with E-state index in [2.05, 4.69) is 5.32 Å². The second kappa shape index (κ2) is 7.14. The van der Waals surface area contributed by atoms with E-state index in [1.54, 1.807) is 24.3 Å². The van der Waals surface area contributed by atoms with Crippen LogP contribution in [0.15, 0.2) is 48.5 Å². The van der Waals surface area contributed by atoms with Crippen LogP contribution in [0.25, 0.3) is 0 Å². The van der Waals surface area contributed by atoms with Gasteiger partial charge in [0.15, 0.2) is 0 Å². The second-order valence-corrected chi connectivity index (χ2v) is 6.60. The first-order chi connectivity index (χ1) is 11.6. The van der Waals surface area contributed by atoms with Crippen molar-refractivity contribution in [2.45, 2.75) is 37.6 Å². The molecule has 0 bridgehead atoms. The topological polar surface area (TPSA) is 49.3 Å². The van der Waals surface area contributed by atoms with E-state index in [-0.39, 0.29) is 11.2 Å². The number of carboxylic acid groups (broad SMARTS) is 1. The van der Waals surface area contributed by atoms with Gasteiger partial charge in [-0.05, 0) is 48.2 Å². The number of carboxylic acids is 1. The van der Waals surface area contributed by atoms with Gasteiger partial charge in [0.1, 0.15) is 5.82 Å². The predicted molar refractivity (Wildman–Crippen MR) is 91.7 cm³/mol. The van der Waals surface area contributed by atoms with Gasteiger partial charge in [-0.2, -0.15) is 0 Å². The Kier molecular flexibility index (Phi) is 4.95. The molecule has 0 radical (unpaired) electrons. The lowest BCUT2D eigenvalue weighted by molar-refractivity contribution is 0.0697. The van der Waals surface area contributed by atoms with Crippen molar-refractivity contribution in [3.63, 3.8) is 0 Å². The Hall–Kier alpha value is -2.20. The average Bonchev–Trinajstić information content (AvgIpc) is 3.06. The van der Waals surface area contributed by atoms with E-state index in [9.17, 15) is 9.18 Å². The molecule has 0 atom stereocenters. The fourth-order valence-electron chi connectivity index (χ4n) is 3.63. The summed E-state index contributed by atoms with van der Waals surface area (Å²) in [5.74, 6) is -1.10. The summed E-state index contributed by atoms with van der Waals surface area (Å²) in [5.41, 5.74) is 2.65. The number of carbonyl (C=O) groups is 1. The van der Waals surface area contributed by atoms with Crippen molar-refractivity contribution >= 4 is 5.97 Å². The first-order valence-electron chi connectivity index (χ1n) is 8.38. The van der Waals surface area contributed by atoms with Crippen LogP contribution in [0.4, 0.5) is 4.39 Å². The minimum atomic E-state index is -0.907. The fraction of sp³-hybridized carbons (Fsp3) is 0.350. The zero-order valence-corrected chi connectivity index (χ0v) is 13.6. The van der Waals surface area contributed by atoms with Crippen LogP contribution in [0.2, 0.25) is 0 Å². The monoisotopic (exact) mass is 327 g/mol. The highest BCUT2D eigenvalue weighted by Crippen LogP contribution is 2.40. The van der Waals surface area contributed by atoms with Gasteiger partial charge >= 0.3 is 5.97 Å². The molecule has 4 heteroatoms. The number of rotatable bonds is 6. The van der Waals surface area contributed by atoms with E-state index in [4.69, 9.17) is 5.11 Å². The van der Waals surface area contributed by atoms with E-state index in [1.807, 2.05) is 24.3 Å². The molecule has 0 saturated heterocycles. The van der Waals surface area contributed by atoms with Gasteiger partial charge in [-0.25, -0.2) is 9.18 Å². The summed E-state index contributed by atoms with van der Waals surface area (Å²) in [7, 11) is 0. The number of benzene rings is 2. The van der Waals surface area contributed by atoms with Gasteiger partial charge in [0.25, 0.3) is 0 Å². The van der Waals surface area contributed by atoms with Crippen molar-refractivity contribution in [3.8, 4) is 0 Å². The summed E-state index contributed by atoms with van der Waals surface area (Å²) in [6.45, 7) is 1.54. The molecular weight excluding hydrogens is 305 g/mol. The normalized spacial score (nSPS) is 16.2. The quantitative estimate of drug-likeness (QED) is 0.839. The third-order valence-electron chi connectivity index (χ3n) is 5.01. The highest BCUT2D eigenvalue weighted by atomic mass is 19.1. The minimum Gasteiger partial charge on any atom is -0.478 e. The largest absolute Gasteiger partial charge is 0.478 e. The Morgan fingerprint density at radius 3 is 2.25 bits per heavy atom. The maximum absolute atomic E-state index is 13.2. The van der Waals surface area contributed by atoms with Crippen molar-refractivity contribution in [2.75, 3.05) is 6.54 Å². The van der Waals surface area contributed by atoms with Crippen LogP contribution in [-0.2, 0) is 12.0 Å². The molecule has 0 spiro atoms. The van der Waals surface area contributed by atoms with Crippen molar-refractivity contribution in [1.29, 1.82) is 0 Å². The number of nitrogens with one attached hydrogen (secondary N) is 1. The first-order valence-corrected chi connectivity index (χ1v) is 8.38. The van der Waals surface area contributed by atoms with E-state index >= 15 is 0 Å². The van der Waals surface area contributed by atoms with Crippen LogP contribution < -0.4 is 5.32 Å². The van der Waals surface area contributed by atoms with Gasteiger partial charge in [-0.3, -0.25) is 0 Å². The summed E-state index contributed by atoms with van der Waals surface area (Å²) in [6.07, 6.45) is 4.63. The molecule has 126 valence electrons. The Morgan fingerprint density at radius 2 is 1.67 bits per heavy atom. The molecule has 0 aromatic heterocycles. The van der Waals surface area contributed by atoms with Crippen LogP contribution in [0.1, 0.15) is 47.2 Å². The zero-order chi connectivity index (χ0) is 17.0. The van der Waals surface area contributed by atoms with Gasteiger partial charge in [0.05, 0.1) is 5.56 Å². The Balaban J connectivity index is 1.64. The first kappa shape index (κ1) is 16.7. The van der Waals surface area contributed by atoms with Gasteiger partial charge in [-0.1, -0.05) is 37.1 Å². The molecule has 0 aliphatic heterocycles. The zero-order valence-electron chi connectivity index (χ0n) is 13.6. The molecule has 2 aromatic rings. The van der Waals surface area contributed by atoms with Crippen LogP contribution in [0.3, 0.4) is 0 Å². The molecule has 0 unspecified atom stereocenters. The van der Waals surface area contributed by atoms with Gasteiger partial charge < -0.3 is 10.4 Å². The van der Waals surface area contributed by atoms with Crippen LogP contribution in [0.5, 0.6) is 0 Å². The number of halogens is 1. The van der Waals surface area contributed by atoms with E-state index in [0.717, 1.165) is 24.9 Å². The molecule has 2 aromatic carbocycles. The van der Waals surface area contributed by atoms with Gasteiger partial charge in [-0.15, -0.1) is 0 Å². The van der Waals surface area contributed by atoms with Crippen molar-refractivity contribution in [1.82, 2.24) is 5.32 Å². The second-order valence-electron chi connectivity index (χ2n) is 6.60. The maximum atomic E-state index is 13.2. The summed E-state index contributed by atoms with van der Waals surface area (Å²) in [5, 5.41) is 12.4. The van der Waals surface area contributed by atoms with E-state index in [1.165, 1.54) is 18.4 Å². The summed E-state index contributed by atoms with van der Waals surface area (Å²) >= 11 is 0. The average molecular weight is 327 g/mol. The smallest absolute Gasteiger partial charge is 0.335 e. The van der Waals surface area contributed by atoms with Gasteiger partial charge in [0.2, 0.25) is 0 Å². The predicted octanol–water partition coefficient (Wildman–Crippen LogP) is 4.13. The summed E-state index contributed by atoms with van der Waals surface area (Å²) < 4.78 is 13.2. The molecule has 0 amide bonds. The van der Waals surface area contributed by atoms with Crippen LogP contribution in [-0.4, -0.2) is 17.6 Å². The maximum Gasteiger partial charge on any atom is 0.335 e. The molecule has 1 aliphatic carbocycles.